The molecule has 3 rings (SSSR count). The number of nitrogens with zero attached hydrogens (tertiary/aromatic N) is 2. The van der Waals surface area contributed by atoms with E-state index >= 15 is 0 Å². The molecule has 0 aliphatic carbocycles. The topological polar surface area (TPSA) is 75.5 Å². The molecular weight excluding hydrogens is 277 g/mol. The van der Waals surface area contributed by atoms with Crippen molar-refractivity contribution < 1.29 is 14.1 Å². The van der Waals surface area contributed by atoms with Crippen LogP contribution in [0.1, 0.15) is 23.2 Å². The molecule has 0 bridgehead atoms. The summed E-state index contributed by atoms with van der Waals surface area (Å²) in [5, 5.41) is 14.3. The summed E-state index contributed by atoms with van der Waals surface area (Å²) < 4.78 is 13.2. The third-order valence-electron chi connectivity index (χ3n) is 4.44. The Hall–Kier alpha value is -2.02. The van der Waals surface area contributed by atoms with Crippen LogP contribution < -0.4 is 5.32 Å². The Kier molecular flexibility index (Phi) is 3.36. The Morgan fingerprint density at radius 3 is 2.90 bits per heavy atom. The van der Waals surface area contributed by atoms with E-state index in [-0.39, 0.29) is 16.9 Å². The zero-order chi connectivity index (χ0) is 15.0. The van der Waals surface area contributed by atoms with Crippen LogP contribution in [0.4, 0.5) is 10.1 Å². The number of carbonyl (C=O) groups is 1. The first-order chi connectivity index (χ1) is 10.0. The molecule has 2 heterocycles. The van der Waals surface area contributed by atoms with Gasteiger partial charge in [0.1, 0.15) is 11.4 Å². The van der Waals surface area contributed by atoms with Crippen molar-refractivity contribution in [2.24, 2.45) is 5.41 Å². The summed E-state index contributed by atoms with van der Waals surface area (Å²) in [6.07, 6.45) is 1.92. The molecule has 1 aromatic rings. The molecule has 1 atom stereocenters. The largest absolute Gasteiger partial charge is 0.338 e. The molecular formula is C14H16FN3O3. The first-order valence-corrected chi connectivity index (χ1v) is 6.95. The van der Waals surface area contributed by atoms with E-state index in [1.54, 1.807) is 4.90 Å². The van der Waals surface area contributed by atoms with E-state index in [0.717, 1.165) is 38.1 Å². The lowest BCUT2D eigenvalue weighted by Gasteiger charge is -2.22. The van der Waals surface area contributed by atoms with Crippen LogP contribution in [0, 0.1) is 21.3 Å². The molecule has 112 valence electrons. The fourth-order valence-corrected chi connectivity index (χ4v) is 3.26. The van der Waals surface area contributed by atoms with E-state index in [2.05, 4.69) is 5.32 Å². The molecule has 2 saturated heterocycles. The number of benzene rings is 1. The predicted octanol–water partition coefficient (Wildman–Crippen LogP) is 1.56. The summed E-state index contributed by atoms with van der Waals surface area (Å²) in [5.41, 5.74) is -0.403. The minimum atomic E-state index is -0.712. The summed E-state index contributed by atoms with van der Waals surface area (Å²) in [4.78, 5) is 24.4. The highest BCUT2D eigenvalue weighted by atomic mass is 19.1. The lowest BCUT2D eigenvalue weighted by atomic mass is 9.86. The second kappa shape index (κ2) is 5.07. The molecule has 21 heavy (non-hydrogen) atoms. The molecule has 0 radical (unpaired) electrons. The van der Waals surface area contributed by atoms with Gasteiger partial charge in [0, 0.05) is 25.0 Å². The molecule has 1 aromatic carbocycles. The number of likely N-dealkylation sites (tertiary alicyclic amines) is 1. The van der Waals surface area contributed by atoms with Gasteiger partial charge in [-0.05, 0) is 31.5 Å². The number of nitrogens with one attached hydrogen (secondary N) is 1. The fraction of sp³-hybridized carbons (Fsp3) is 0.500. The van der Waals surface area contributed by atoms with Gasteiger partial charge >= 0.3 is 0 Å². The number of halogens is 1. The lowest BCUT2D eigenvalue weighted by molar-refractivity contribution is -0.385. The van der Waals surface area contributed by atoms with Gasteiger partial charge in [0.05, 0.1) is 11.0 Å². The summed E-state index contributed by atoms with van der Waals surface area (Å²) in [7, 11) is 0. The van der Waals surface area contributed by atoms with Crippen molar-refractivity contribution in [2.45, 2.75) is 12.8 Å². The van der Waals surface area contributed by atoms with Gasteiger partial charge in [0.2, 0.25) is 0 Å². The predicted molar refractivity (Wildman–Crippen MR) is 73.5 cm³/mol. The minimum absolute atomic E-state index is 0.0376. The fourth-order valence-electron chi connectivity index (χ4n) is 3.26. The van der Waals surface area contributed by atoms with Crippen LogP contribution in [0.5, 0.6) is 0 Å². The number of nitro groups is 1. The van der Waals surface area contributed by atoms with Crippen molar-refractivity contribution in [1.82, 2.24) is 10.2 Å². The number of hydrogen-bond acceptors (Lipinski definition) is 4. The van der Waals surface area contributed by atoms with Crippen LogP contribution in [0.3, 0.4) is 0 Å². The molecule has 7 heteroatoms. The van der Waals surface area contributed by atoms with E-state index in [0.29, 0.717) is 13.1 Å². The summed E-state index contributed by atoms with van der Waals surface area (Å²) in [6, 6.07) is 3.09. The van der Waals surface area contributed by atoms with Crippen LogP contribution in [0.15, 0.2) is 18.2 Å². The summed E-state index contributed by atoms with van der Waals surface area (Å²) in [5.74, 6) is -1.10. The quantitative estimate of drug-likeness (QED) is 0.663. The Morgan fingerprint density at radius 1 is 1.43 bits per heavy atom. The molecule has 1 amide bonds. The number of rotatable bonds is 2. The first-order valence-electron chi connectivity index (χ1n) is 6.95. The van der Waals surface area contributed by atoms with E-state index in [1.807, 2.05) is 0 Å². The number of amides is 1. The second-order valence-electron chi connectivity index (χ2n) is 5.82. The normalized spacial score (nSPS) is 24.7. The van der Waals surface area contributed by atoms with Gasteiger partial charge in [-0.3, -0.25) is 14.9 Å². The van der Waals surface area contributed by atoms with Crippen LogP contribution in [-0.2, 0) is 0 Å². The zero-order valence-electron chi connectivity index (χ0n) is 11.5. The van der Waals surface area contributed by atoms with Crippen LogP contribution in [-0.4, -0.2) is 41.9 Å². The molecule has 0 aromatic heterocycles. The van der Waals surface area contributed by atoms with Crippen molar-refractivity contribution in [3.8, 4) is 0 Å². The SMILES string of the molecule is O=C(c1ccc(F)cc1[N+](=O)[O-])N1CCC2(CCNC2)C1. The van der Waals surface area contributed by atoms with Crippen molar-refractivity contribution in [3.05, 3.63) is 39.7 Å². The van der Waals surface area contributed by atoms with Crippen LogP contribution in [0.2, 0.25) is 0 Å². The van der Waals surface area contributed by atoms with Gasteiger partial charge in [-0.2, -0.15) is 0 Å². The molecule has 0 saturated carbocycles. The lowest BCUT2D eigenvalue weighted by Crippen LogP contribution is -2.33. The third kappa shape index (κ3) is 2.49. The average Bonchev–Trinajstić information content (AvgIpc) is 3.09. The molecule has 6 nitrogen and oxygen atoms in total. The average molecular weight is 293 g/mol. The smallest absolute Gasteiger partial charge is 0.285 e. The highest BCUT2D eigenvalue weighted by Gasteiger charge is 2.42. The Labute approximate surface area is 121 Å². The Morgan fingerprint density at radius 2 is 2.24 bits per heavy atom. The maximum atomic E-state index is 13.2. The van der Waals surface area contributed by atoms with Crippen molar-refractivity contribution >= 4 is 11.6 Å². The highest BCUT2D eigenvalue weighted by molar-refractivity contribution is 5.98. The van der Waals surface area contributed by atoms with Crippen LogP contribution in [0.25, 0.3) is 0 Å². The molecule has 1 unspecified atom stereocenters. The molecule has 2 fully saturated rings. The van der Waals surface area contributed by atoms with Crippen molar-refractivity contribution in [3.63, 3.8) is 0 Å². The van der Waals surface area contributed by atoms with Gasteiger partial charge < -0.3 is 10.2 Å². The van der Waals surface area contributed by atoms with Crippen molar-refractivity contribution in [1.29, 1.82) is 0 Å². The highest BCUT2D eigenvalue weighted by Crippen LogP contribution is 2.37. The van der Waals surface area contributed by atoms with E-state index in [1.165, 1.54) is 6.07 Å². The number of nitro benzene ring substituents is 1. The van der Waals surface area contributed by atoms with Gasteiger partial charge in [-0.25, -0.2) is 4.39 Å². The maximum absolute atomic E-state index is 13.2. The van der Waals surface area contributed by atoms with E-state index in [9.17, 15) is 19.3 Å². The molecule has 1 spiro atoms. The second-order valence-corrected chi connectivity index (χ2v) is 5.82. The van der Waals surface area contributed by atoms with Gasteiger partial charge in [0.25, 0.3) is 11.6 Å². The summed E-state index contributed by atoms with van der Waals surface area (Å²) >= 11 is 0. The maximum Gasteiger partial charge on any atom is 0.285 e. The molecule has 2 aliphatic heterocycles. The van der Waals surface area contributed by atoms with Crippen LogP contribution >= 0.6 is 0 Å². The first kappa shape index (κ1) is 13.9. The molecule has 1 N–H and O–H groups in total. The Balaban J connectivity index is 1.84. The minimum Gasteiger partial charge on any atom is -0.338 e. The Bertz CT molecular complexity index is 599. The molecule has 2 aliphatic rings. The van der Waals surface area contributed by atoms with Crippen molar-refractivity contribution in [2.75, 3.05) is 26.2 Å². The van der Waals surface area contributed by atoms with Gasteiger partial charge in [-0.15, -0.1) is 0 Å². The number of hydrogen-bond donors (Lipinski definition) is 1. The van der Waals surface area contributed by atoms with Gasteiger partial charge in [-0.1, -0.05) is 0 Å². The zero-order valence-corrected chi connectivity index (χ0v) is 11.5. The third-order valence-corrected chi connectivity index (χ3v) is 4.44. The van der Waals surface area contributed by atoms with E-state index < -0.39 is 16.4 Å². The van der Waals surface area contributed by atoms with E-state index in [4.69, 9.17) is 0 Å². The summed E-state index contributed by atoms with van der Waals surface area (Å²) in [6.45, 7) is 3.02. The monoisotopic (exact) mass is 293 g/mol. The number of carbonyl (C=O) groups excluding carboxylic acids is 1. The standard InChI is InChI=1S/C14H16FN3O3/c15-10-1-2-11(12(7-10)18(20)21)13(19)17-6-4-14(9-17)3-5-16-8-14/h1-2,7,16H,3-6,8-9H2. The van der Waals surface area contributed by atoms with Gasteiger partial charge in [0.15, 0.2) is 0 Å².